The Labute approximate surface area is 118 Å². The third-order valence-electron chi connectivity index (χ3n) is 2.40. The Morgan fingerprint density at radius 1 is 1.42 bits per heavy atom. The summed E-state index contributed by atoms with van der Waals surface area (Å²) in [4.78, 5) is 12.1. The number of sulfonamides is 1. The molecule has 0 unspecified atom stereocenters. The summed E-state index contributed by atoms with van der Waals surface area (Å²) in [5, 5.41) is 0.455. The number of rotatable bonds is 7. The monoisotopic (exact) mass is 305 g/mol. The van der Waals surface area contributed by atoms with E-state index in [-0.39, 0.29) is 5.75 Å². The van der Waals surface area contributed by atoms with Crippen LogP contribution in [0, 0.1) is 6.92 Å². The molecular formula is C12H19NO4S2. The van der Waals surface area contributed by atoms with Crippen molar-refractivity contribution < 1.29 is 17.9 Å². The smallest absolute Gasteiger partial charge is 0.348 e. The summed E-state index contributed by atoms with van der Waals surface area (Å²) < 4.78 is 30.9. The molecule has 0 aliphatic heterocycles. The molecule has 19 heavy (non-hydrogen) atoms. The van der Waals surface area contributed by atoms with Crippen LogP contribution >= 0.6 is 11.3 Å². The molecule has 7 heteroatoms. The summed E-state index contributed by atoms with van der Waals surface area (Å²) in [6, 6.07) is 1.65. The van der Waals surface area contributed by atoms with Crippen LogP contribution in [0.15, 0.2) is 6.07 Å². The van der Waals surface area contributed by atoms with Gasteiger partial charge in [-0.3, -0.25) is 4.72 Å². The molecule has 108 valence electrons. The van der Waals surface area contributed by atoms with Crippen LogP contribution in [0.3, 0.4) is 0 Å². The fourth-order valence-electron chi connectivity index (χ4n) is 1.47. The van der Waals surface area contributed by atoms with E-state index in [0.717, 1.165) is 23.3 Å². The molecule has 0 saturated heterocycles. The minimum absolute atomic E-state index is 0.0924. The number of anilines is 1. The number of hydrogen-bond donors (Lipinski definition) is 1. The van der Waals surface area contributed by atoms with Gasteiger partial charge in [0.05, 0.1) is 12.4 Å². The summed E-state index contributed by atoms with van der Waals surface area (Å²) in [5.74, 6) is -0.321. The van der Waals surface area contributed by atoms with Crippen LogP contribution < -0.4 is 4.72 Å². The van der Waals surface area contributed by atoms with Crippen molar-refractivity contribution in [2.75, 3.05) is 17.1 Å². The number of unbranched alkanes of at least 4 members (excludes halogenated alkanes) is 1. The Balaban J connectivity index is 2.81. The lowest BCUT2D eigenvalue weighted by atomic mass is 10.3. The minimum atomic E-state index is -3.33. The zero-order valence-electron chi connectivity index (χ0n) is 11.4. The highest BCUT2D eigenvalue weighted by atomic mass is 32.2. The molecule has 0 amide bonds. The molecule has 5 nitrogen and oxygen atoms in total. The molecule has 0 atom stereocenters. The van der Waals surface area contributed by atoms with Crippen LogP contribution in [0.4, 0.5) is 5.00 Å². The topological polar surface area (TPSA) is 72.5 Å². The second-order valence-electron chi connectivity index (χ2n) is 4.12. The summed E-state index contributed by atoms with van der Waals surface area (Å²) in [6.07, 6.45) is 1.43. The van der Waals surface area contributed by atoms with Gasteiger partial charge >= 0.3 is 5.97 Å². The number of ether oxygens (including phenoxy) is 1. The largest absolute Gasteiger partial charge is 0.462 e. The number of carbonyl (C=O) groups excluding carboxylic acids is 1. The van der Waals surface area contributed by atoms with Gasteiger partial charge in [-0.2, -0.15) is 0 Å². The van der Waals surface area contributed by atoms with Gasteiger partial charge in [0.15, 0.2) is 0 Å². The average molecular weight is 305 g/mol. The first-order chi connectivity index (χ1) is 8.89. The predicted octanol–water partition coefficient (Wildman–Crippen LogP) is 2.78. The average Bonchev–Trinajstić information content (AvgIpc) is 2.67. The maximum absolute atomic E-state index is 11.8. The van der Waals surface area contributed by atoms with E-state index in [0.29, 0.717) is 22.9 Å². The maximum Gasteiger partial charge on any atom is 0.348 e. The molecular weight excluding hydrogens is 286 g/mol. The summed E-state index contributed by atoms with van der Waals surface area (Å²) in [6.45, 7) is 5.72. The maximum atomic E-state index is 11.8. The van der Waals surface area contributed by atoms with Crippen LogP contribution in [0.2, 0.25) is 0 Å². The lowest BCUT2D eigenvalue weighted by molar-refractivity contribution is 0.0531. The fourth-order valence-corrected chi connectivity index (χ4v) is 3.97. The van der Waals surface area contributed by atoms with Gasteiger partial charge in [0.1, 0.15) is 9.88 Å². The number of nitrogens with one attached hydrogen (secondary N) is 1. The molecule has 0 saturated carbocycles. The van der Waals surface area contributed by atoms with Gasteiger partial charge in [-0.05, 0) is 31.9 Å². The number of hydrogen-bond acceptors (Lipinski definition) is 5. The molecule has 0 bridgehead atoms. The molecule has 1 N–H and O–H groups in total. The van der Waals surface area contributed by atoms with Crippen molar-refractivity contribution in [2.45, 2.75) is 33.6 Å². The first kappa shape index (κ1) is 16.0. The molecule has 0 spiro atoms. The van der Waals surface area contributed by atoms with Crippen molar-refractivity contribution in [1.82, 2.24) is 0 Å². The van der Waals surface area contributed by atoms with E-state index in [1.807, 2.05) is 6.92 Å². The lowest BCUT2D eigenvalue weighted by Crippen LogP contribution is -2.15. The highest BCUT2D eigenvalue weighted by Crippen LogP contribution is 2.28. The van der Waals surface area contributed by atoms with Crippen LogP contribution in [0.25, 0.3) is 0 Å². The fraction of sp³-hybridized carbons (Fsp3) is 0.583. The highest BCUT2D eigenvalue weighted by molar-refractivity contribution is 7.92. The molecule has 1 aromatic heterocycles. The first-order valence-electron chi connectivity index (χ1n) is 6.17. The molecule has 1 aromatic rings. The van der Waals surface area contributed by atoms with E-state index < -0.39 is 16.0 Å². The van der Waals surface area contributed by atoms with Crippen molar-refractivity contribution >= 4 is 32.3 Å². The number of thiophene rings is 1. The van der Waals surface area contributed by atoms with Gasteiger partial charge in [0.2, 0.25) is 10.0 Å². The zero-order chi connectivity index (χ0) is 14.5. The van der Waals surface area contributed by atoms with Crippen LogP contribution in [-0.2, 0) is 14.8 Å². The Morgan fingerprint density at radius 2 is 2.11 bits per heavy atom. The second kappa shape index (κ2) is 6.91. The van der Waals surface area contributed by atoms with Gasteiger partial charge in [-0.25, -0.2) is 13.2 Å². The van der Waals surface area contributed by atoms with Crippen molar-refractivity contribution in [3.8, 4) is 0 Å². The van der Waals surface area contributed by atoms with E-state index in [2.05, 4.69) is 4.72 Å². The van der Waals surface area contributed by atoms with E-state index in [4.69, 9.17) is 4.74 Å². The molecule has 0 aliphatic rings. The Morgan fingerprint density at radius 3 is 2.68 bits per heavy atom. The van der Waals surface area contributed by atoms with Gasteiger partial charge in [-0.15, -0.1) is 11.3 Å². The normalized spacial score (nSPS) is 11.3. The highest BCUT2D eigenvalue weighted by Gasteiger charge is 2.17. The van der Waals surface area contributed by atoms with E-state index in [1.165, 1.54) is 0 Å². The SMILES string of the molecule is CCCCS(=O)(=O)Nc1cc(C)c(C(=O)OCC)s1. The molecule has 1 rings (SSSR count). The molecule has 0 radical (unpaired) electrons. The zero-order valence-corrected chi connectivity index (χ0v) is 13.0. The number of aryl methyl sites for hydroxylation is 1. The molecule has 0 fully saturated rings. The molecule has 1 heterocycles. The second-order valence-corrected chi connectivity index (χ2v) is 7.01. The van der Waals surface area contributed by atoms with Crippen molar-refractivity contribution in [3.63, 3.8) is 0 Å². The van der Waals surface area contributed by atoms with Crippen molar-refractivity contribution in [2.24, 2.45) is 0 Å². The first-order valence-corrected chi connectivity index (χ1v) is 8.64. The van der Waals surface area contributed by atoms with Gasteiger partial charge < -0.3 is 4.74 Å². The summed E-state index contributed by atoms with van der Waals surface area (Å²) in [7, 11) is -3.33. The predicted molar refractivity (Wildman–Crippen MR) is 77.3 cm³/mol. The third kappa shape index (κ3) is 4.83. The Bertz CT molecular complexity index is 534. The molecule has 0 aromatic carbocycles. The van der Waals surface area contributed by atoms with E-state index in [1.54, 1.807) is 19.9 Å². The number of carbonyl (C=O) groups is 1. The van der Waals surface area contributed by atoms with Gasteiger partial charge in [0, 0.05) is 0 Å². The van der Waals surface area contributed by atoms with E-state index in [9.17, 15) is 13.2 Å². The standard InChI is InChI=1S/C12H19NO4S2/c1-4-6-7-19(15,16)13-10-8-9(3)11(18-10)12(14)17-5-2/h8,13H,4-7H2,1-3H3. The van der Waals surface area contributed by atoms with Crippen LogP contribution in [-0.4, -0.2) is 26.7 Å². The van der Waals surface area contributed by atoms with Gasteiger partial charge in [-0.1, -0.05) is 13.3 Å². The van der Waals surface area contributed by atoms with E-state index >= 15 is 0 Å². The lowest BCUT2D eigenvalue weighted by Gasteiger charge is -2.04. The summed E-state index contributed by atoms with van der Waals surface area (Å²) in [5.41, 5.74) is 0.719. The summed E-state index contributed by atoms with van der Waals surface area (Å²) >= 11 is 1.10. The number of esters is 1. The van der Waals surface area contributed by atoms with Crippen LogP contribution in [0.1, 0.15) is 41.9 Å². The Kier molecular flexibility index (Phi) is 5.81. The minimum Gasteiger partial charge on any atom is -0.462 e. The Hall–Kier alpha value is -1.08. The quantitative estimate of drug-likeness (QED) is 0.786. The van der Waals surface area contributed by atoms with Crippen LogP contribution in [0.5, 0.6) is 0 Å². The molecule has 0 aliphatic carbocycles. The van der Waals surface area contributed by atoms with Crippen molar-refractivity contribution in [3.05, 3.63) is 16.5 Å². The van der Waals surface area contributed by atoms with Gasteiger partial charge in [0.25, 0.3) is 0 Å². The van der Waals surface area contributed by atoms with Crippen molar-refractivity contribution in [1.29, 1.82) is 0 Å². The third-order valence-corrected chi connectivity index (χ3v) is 5.02.